The fourth-order valence-electron chi connectivity index (χ4n) is 4.34. The number of ether oxygens (including phenoxy) is 1. The molecule has 2 atom stereocenters. The highest BCUT2D eigenvalue weighted by Crippen LogP contribution is 2.39. The molecule has 2 fully saturated rings. The van der Waals surface area contributed by atoms with Crippen molar-refractivity contribution in [2.45, 2.75) is 97.3 Å². The molecule has 2 aliphatic rings. The monoisotopic (exact) mass is 295 g/mol. The van der Waals surface area contributed by atoms with E-state index in [9.17, 15) is 0 Å². The molecular weight excluding hydrogens is 258 g/mol. The minimum absolute atomic E-state index is 0.109. The van der Waals surface area contributed by atoms with Crippen LogP contribution >= 0.6 is 0 Å². The van der Waals surface area contributed by atoms with Gasteiger partial charge in [0.1, 0.15) is 0 Å². The van der Waals surface area contributed by atoms with Gasteiger partial charge in [-0.1, -0.05) is 34.6 Å². The minimum atomic E-state index is 0.109. The smallest absolute Gasteiger partial charge is 0.0810 e. The Hall–Kier alpha value is -0.0800. The van der Waals surface area contributed by atoms with Crippen LogP contribution in [0.5, 0.6) is 0 Å². The minimum Gasteiger partial charge on any atom is -0.370 e. The van der Waals surface area contributed by atoms with Crippen LogP contribution in [-0.4, -0.2) is 24.3 Å². The van der Waals surface area contributed by atoms with Crippen molar-refractivity contribution in [2.75, 3.05) is 6.54 Å². The molecule has 0 heterocycles. The molecule has 2 saturated carbocycles. The molecule has 2 unspecified atom stereocenters. The average Bonchev–Trinajstić information content (AvgIpc) is 2.39. The Balaban J connectivity index is 1.97. The van der Waals surface area contributed by atoms with Gasteiger partial charge in [0.2, 0.25) is 0 Å². The fraction of sp³-hybridized carbons (Fsp3) is 1.00. The lowest BCUT2D eigenvalue weighted by atomic mass is 9.77. The number of hydrogen-bond donors (Lipinski definition) is 1. The van der Waals surface area contributed by atoms with Gasteiger partial charge in [-0.3, -0.25) is 0 Å². The van der Waals surface area contributed by atoms with Crippen molar-refractivity contribution >= 4 is 0 Å². The molecule has 0 bridgehead atoms. The normalized spacial score (nSPS) is 41.4. The van der Waals surface area contributed by atoms with Gasteiger partial charge in [-0.25, -0.2) is 0 Å². The summed E-state index contributed by atoms with van der Waals surface area (Å²) < 4.78 is 6.80. The van der Waals surface area contributed by atoms with Crippen molar-refractivity contribution in [3.63, 3.8) is 0 Å². The lowest BCUT2D eigenvalue weighted by Crippen LogP contribution is -2.50. The van der Waals surface area contributed by atoms with E-state index in [1.54, 1.807) is 0 Å². The zero-order valence-corrected chi connectivity index (χ0v) is 15.0. The molecule has 0 amide bonds. The Bertz CT molecular complexity index is 297. The van der Waals surface area contributed by atoms with Gasteiger partial charge in [0.15, 0.2) is 0 Å². The third-order valence-corrected chi connectivity index (χ3v) is 5.57. The molecule has 124 valence electrons. The summed E-state index contributed by atoms with van der Waals surface area (Å²) in [6.45, 7) is 12.7. The molecule has 0 radical (unpaired) electrons. The molecule has 21 heavy (non-hydrogen) atoms. The summed E-state index contributed by atoms with van der Waals surface area (Å²) in [5, 5.41) is 3.66. The SMILES string of the molecule is CC1CCC(CNC(C)C)(OC2CC(C)CC(C)C2)CC1. The molecule has 0 saturated heterocycles. The average molecular weight is 296 g/mol. The van der Waals surface area contributed by atoms with Crippen molar-refractivity contribution in [3.05, 3.63) is 0 Å². The van der Waals surface area contributed by atoms with E-state index in [0.717, 1.165) is 24.3 Å². The van der Waals surface area contributed by atoms with Gasteiger partial charge in [0, 0.05) is 12.6 Å². The molecular formula is C19H37NO. The van der Waals surface area contributed by atoms with Gasteiger partial charge in [-0.2, -0.15) is 0 Å². The second-order valence-corrected chi connectivity index (χ2v) is 8.56. The van der Waals surface area contributed by atoms with Crippen LogP contribution in [0.3, 0.4) is 0 Å². The number of nitrogens with one attached hydrogen (secondary N) is 1. The van der Waals surface area contributed by atoms with Crippen molar-refractivity contribution in [3.8, 4) is 0 Å². The third kappa shape index (κ3) is 5.25. The maximum atomic E-state index is 6.80. The highest BCUT2D eigenvalue weighted by atomic mass is 16.5. The van der Waals surface area contributed by atoms with Gasteiger partial charge in [-0.05, 0) is 62.7 Å². The molecule has 2 aliphatic carbocycles. The Morgan fingerprint density at radius 3 is 2.05 bits per heavy atom. The van der Waals surface area contributed by atoms with Crippen LogP contribution in [0.1, 0.15) is 79.6 Å². The molecule has 0 aromatic rings. The van der Waals surface area contributed by atoms with Crippen LogP contribution in [0.4, 0.5) is 0 Å². The summed E-state index contributed by atoms with van der Waals surface area (Å²) in [4.78, 5) is 0. The molecule has 2 heteroatoms. The molecule has 0 aromatic carbocycles. The van der Waals surface area contributed by atoms with Crippen molar-refractivity contribution < 1.29 is 4.74 Å². The summed E-state index contributed by atoms with van der Waals surface area (Å²) in [6, 6.07) is 0.550. The zero-order valence-electron chi connectivity index (χ0n) is 15.0. The lowest BCUT2D eigenvalue weighted by molar-refractivity contribution is -0.136. The molecule has 2 nitrogen and oxygen atoms in total. The first-order valence-corrected chi connectivity index (χ1v) is 9.30. The maximum Gasteiger partial charge on any atom is 0.0810 e. The largest absolute Gasteiger partial charge is 0.370 e. The Labute approximate surface area is 132 Å². The predicted molar refractivity (Wildman–Crippen MR) is 90.6 cm³/mol. The predicted octanol–water partition coefficient (Wildman–Crippen LogP) is 4.77. The van der Waals surface area contributed by atoms with Crippen molar-refractivity contribution in [1.29, 1.82) is 0 Å². The molecule has 1 N–H and O–H groups in total. The second kappa shape index (κ2) is 7.46. The van der Waals surface area contributed by atoms with E-state index >= 15 is 0 Å². The van der Waals surface area contributed by atoms with Crippen LogP contribution in [-0.2, 0) is 4.74 Å². The Morgan fingerprint density at radius 1 is 0.952 bits per heavy atom. The van der Waals surface area contributed by atoms with Gasteiger partial charge >= 0.3 is 0 Å². The molecule has 0 aromatic heterocycles. The van der Waals surface area contributed by atoms with E-state index in [0.29, 0.717) is 12.1 Å². The summed E-state index contributed by atoms with van der Waals surface area (Å²) in [5.41, 5.74) is 0.109. The number of rotatable bonds is 5. The van der Waals surface area contributed by atoms with E-state index in [1.165, 1.54) is 44.9 Å². The summed E-state index contributed by atoms with van der Waals surface area (Å²) in [6.07, 6.45) is 9.56. The lowest BCUT2D eigenvalue weighted by Gasteiger charge is -2.44. The highest BCUT2D eigenvalue weighted by molar-refractivity contribution is 4.91. The Kier molecular flexibility index (Phi) is 6.14. The molecule has 2 rings (SSSR count). The summed E-state index contributed by atoms with van der Waals surface area (Å²) in [5.74, 6) is 2.54. The van der Waals surface area contributed by atoms with Crippen molar-refractivity contribution in [1.82, 2.24) is 5.32 Å². The van der Waals surface area contributed by atoms with Crippen molar-refractivity contribution in [2.24, 2.45) is 17.8 Å². The molecule has 0 spiro atoms. The van der Waals surface area contributed by atoms with E-state index in [4.69, 9.17) is 4.74 Å². The zero-order chi connectivity index (χ0) is 15.5. The first kappa shape index (κ1) is 17.3. The van der Waals surface area contributed by atoms with Gasteiger partial charge in [0.25, 0.3) is 0 Å². The van der Waals surface area contributed by atoms with Crippen LogP contribution < -0.4 is 5.32 Å². The fourth-order valence-corrected chi connectivity index (χ4v) is 4.34. The van der Waals surface area contributed by atoms with Crippen LogP contribution in [0, 0.1) is 17.8 Å². The summed E-state index contributed by atoms with van der Waals surface area (Å²) >= 11 is 0. The standard InChI is InChI=1S/C19H37NO/c1-14(2)20-13-19(8-6-15(3)7-9-19)21-18-11-16(4)10-17(5)12-18/h14-18,20H,6-13H2,1-5H3. The quantitative estimate of drug-likeness (QED) is 0.788. The summed E-state index contributed by atoms with van der Waals surface area (Å²) in [7, 11) is 0. The number of hydrogen-bond acceptors (Lipinski definition) is 2. The third-order valence-electron chi connectivity index (χ3n) is 5.57. The van der Waals surface area contributed by atoms with Gasteiger partial charge in [-0.15, -0.1) is 0 Å². The topological polar surface area (TPSA) is 21.3 Å². The van der Waals surface area contributed by atoms with E-state index < -0.39 is 0 Å². The highest BCUT2D eigenvalue weighted by Gasteiger charge is 2.38. The first-order chi connectivity index (χ1) is 9.88. The second-order valence-electron chi connectivity index (χ2n) is 8.56. The van der Waals surface area contributed by atoms with E-state index in [-0.39, 0.29) is 5.60 Å². The Morgan fingerprint density at radius 2 is 1.52 bits per heavy atom. The van der Waals surface area contributed by atoms with Crippen LogP contribution in [0.15, 0.2) is 0 Å². The van der Waals surface area contributed by atoms with Crippen LogP contribution in [0.2, 0.25) is 0 Å². The maximum absolute atomic E-state index is 6.80. The molecule has 0 aliphatic heterocycles. The van der Waals surface area contributed by atoms with E-state index in [2.05, 4.69) is 39.9 Å². The van der Waals surface area contributed by atoms with Gasteiger partial charge in [0.05, 0.1) is 11.7 Å². The van der Waals surface area contributed by atoms with Gasteiger partial charge < -0.3 is 10.1 Å². The van der Waals surface area contributed by atoms with E-state index in [1.807, 2.05) is 0 Å². The van der Waals surface area contributed by atoms with Crippen LogP contribution in [0.25, 0.3) is 0 Å². The first-order valence-electron chi connectivity index (χ1n) is 9.30.